The molecule has 0 N–H and O–H groups in total. The van der Waals surface area contributed by atoms with Crippen LogP contribution in [0.3, 0.4) is 0 Å². The van der Waals surface area contributed by atoms with Crippen molar-refractivity contribution in [2.24, 2.45) is 5.41 Å². The van der Waals surface area contributed by atoms with E-state index in [0.717, 1.165) is 6.42 Å². The molecule has 0 aromatic carbocycles. The fourth-order valence-corrected chi connectivity index (χ4v) is 1.74. The minimum atomic E-state index is -1.28. The number of rotatable bonds is 8. The van der Waals surface area contributed by atoms with Gasteiger partial charge in [-0.25, -0.2) is 0 Å². The Morgan fingerprint density at radius 2 is 1.50 bits per heavy atom. The highest BCUT2D eigenvalue weighted by atomic mass is 16.6. The largest absolute Gasteiger partial charge is 0.465 e. The normalized spacial score (nSPS) is 11.6. The first-order valence-corrected chi connectivity index (χ1v) is 6.61. The number of carbonyl (C=O) groups is 2. The van der Waals surface area contributed by atoms with Crippen molar-refractivity contribution in [1.29, 1.82) is 0 Å². The van der Waals surface area contributed by atoms with E-state index in [0.29, 0.717) is 12.8 Å². The summed E-state index contributed by atoms with van der Waals surface area (Å²) < 4.78 is 10.1. The second-order valence-corrected chi connectivity index (χ2v) is 3.97. The molecule has 0 saturated heterocycles. The van der Waals surface area contributed by atoms with Crippen molar-refractivity contribution in [3.05, 3.63) is 12.2 Å². The van der Waals surface area contributed by atoms with Gasteiger partial charge in [-0.3, -0.25) is 9.59 Å². The van der Waals surface area contributed by atoms with Crippen LogP contribution in [0.4, 0.5) is 0 Å². The molecule has 0 atom stereocenters. The third-order valence-corrected chi connectivity index (χ3v) is 2.56. The lowest BCUT2D eigenvalue weighted by Crippen LogP contribution is -2.40. The van der Waals surface area contributed by atoms with Gasteiger partial charge in [0.05, 0.1) is 13.2 Å². The lowest BCUT2D eigenvalue weighted by Gasteiger charge is -2.25. The summed E-state index contributed by atoms with van der Waals surface area (Å²) in [5.41, 5.74) is -1.28. The minimum absolute atomic E-state index is 0.254. The van der Waals surface area contributed by atoms with Crippen molar-refractivity contribution in [3.8, 4) is 0 Å². The Kier molecular flexibility index (Phi) is 8.08. The van der Waals surface area contributed by atoms with Crippen LogP contribution in [0.2, 0.25) is 0 Å². The second kappa shape index (κ2) is 8.72. The monoisotopic (exact) mass is 256 g/mol. The molecular formula is C14H24O4. The number of esters is 2. The van der Waals surface area contributed by atoms with Gasteiger partial charge in [-0.1, -0.05) is 32.4 Å². The number of allylic oxidation sites excluding steroid dienone is 1. The Hall–Kier alpha value is -1.32. The maximum absolute atomic E-state index is 12.1. The molecule has 0 bridgehead atoms. The predicted octanol–water partition coefficient (Wildman–Crippen LogP) is 2.87. The Morgan fingerprint density at radius 3 is 1.83 bits per heavy atom. The average molecular weight is 256 g/mol. The molecule has 4 heteroatoms. The molecule has 4 nitrogen and oxygen atoms in total. The third kappa shape index (κ3) is 4.17. The number of hydrogen-bond donors (Lipinski definition) is 0. The zero-order chi connectivity index (χ0) is 14.0. The van der Waals surface area contributed by atoms with E-state index in [-0.39, 0.29) is 13.2 Å². The van der Waals surface area contributed by atoms with Crippen LogP contribution < -0.4 is 0 Å². The van der Waals surface area contributed by atoms with Gasteiger partial charge in [-0.15, -0.1) is 0 Å². The minimum Gasteiger partial charge on any atom is -0.465 e. The van der Waals surface area contributed by atoms with Crippen LogP contribution in [-0.4, -0.2) is 25.2 Å². The highest BCUT2D eigenvalue weighted by Crippen LogP contribution is 2.30. The van der Waals surface area contributed by atoms with E-state index in [9.17, 15) is 9.59 Å². The van der Waals surface area contributed by atoms with Crippen LogP contribution in [-0.2, 0) is 19.1 Å². The molecule has 0 aromatic rings. The molecule has 0 aliphatic heterocycles. The van der Waals surface area contributed by atoms with Crippen molar-refractivity contribution >= 4 is 11.9 Å². The zero-order valence-electron chi connectivity index (χ0n) is 11.8. The quantitative estimate of drug-likeness (QED) is 0.380. The summed E-state index contributed by atoms with van der Waals surface area (Å²) in [4.78, 5) is 24.2. The smallest absolute Gasteiger partial charge is 0.327 e. The van der Waals surface area contributed by atoms with Crippen molar-refractivity contribution in [1.82, 2.24) is 0 Å². The van der Waals surface area contributed by atoms with E-state index < -0.39 is 17.4 Å². The predicted molar refractivity (Wildman–Crippen MR) is 70.0 cm³/mol. The first-order valence-electron chi connectivity index (χ1n) is 6.61. The van der Waals surface area contributed by atoms with Gasteiger partial charge in [0.25, 0.3) is 0 Å². The van der Waals surface area contributed by atoms with E-state index in [1.165, 1.54) is 0 Å². The van der Waals surface area contributed by atoms with E-state index in [4.69, 9.17) is 9.47 Å². The molecule has 0 aliphatic rings. The fourth-order valence-electron chi connectivity index (χ4n) is 1.74. The number of ether oxygens (including phenoxy) is 2. The third-order valence-electron chi connectivity index (χ3n) is 2.56. The van der Waals surface area contributed by atoms with Crippen molar-refractivity contribution in [2.45, 2.75) is 47.0 Å². The summed E-state index contributed by atoms with van der Waals surface area (Å²) in [7, 11) is 0. The van der Waals surface area contributed by atoms with Crippen LogP contribution in [0.5, 0.6) is 0 Å². The first-order chi connectivity index (χ1) is 8.58. The van der Waals surface area contributed by atoms with Crippen LogP contribution >= 0.6 is 0 Å². The number of carbonyl (C=O) groups excluding carboxylic acids is 2. The Bertz CT molecular complexity index is 276. The second-order valence-electron chi connectivity index (χ2n) is 3.97. The fraction of sp³-hybridized carbons (Fsp3) is 0.714. The molecular weight excluding hydrogens is 232 g/mol. The van der Waals surface area contributed by atoms with Crippen LogP contribution in [0, 0.1) is 5.41 Å². The summed E-state index contributed by atoms with van der Waals surface area (Å²) in [6, 6.07) is 0. The van der Waals surface area contributed by atoms with Gasteiger partial charge in [0.1, 0.15) is 0 Å². The highest BCUT2D eigenvalue weighted by Gasteiger charge is 2.45. The van der Waals surface area contributed by atoms with Crippen molar-refractivity contribution in [3.63, 3.8) is 0 Å². The summed E-state index contributed by atoms with van der Waals surface area (Å²) in [6.07, 6.45) is 5.30. The van der Waals surface area contributed by atoms with Crippen LogP contribution in [0.25, 0.3) is 0 Å². The molecule has 0 rings (SSSR count). The first kappa shape index (κ1) is 16.7. The average Bonchev–Trinajstić information content (AvgIpc) is 2.35. The topological polar surface area (TPSA) is 52.6 Å². The summed E-state index contributed by atoms with van der Waals surface area (Å²) in [6.45, 7) is 7.83. The van der Waals surface area contributed by atoms with E-state index >= 15 is 0 Å². The molecule has 0 fully saturated rings. The highest BCUT2D eigenvalue weighted by molar-refractivity contribution is 6.02. The van der Waals surface area contributed by atoms with E-state index in [1.807, 2.05) is 19.9 Å². The summed E-state index contributed by atoms with van der Waals surface area (Å²) in [5, 5.41) is 0. The van der Waals surface area contributed by atoms with Gasteiger partial charge in [0, 0.05) is 0 Å². The molecule has 104 valence electrons. The molecule has 0 aromatic heterocycles. The van der Waals surface area contributed by atoms with Gasteiger partial charge >= 0.3 is 11.9 Å². The van der Waals surface area contributed by atoms with Gasteiger partial charge in [0.2, 0.25) is 0 Å². The standard InChI is InChI=1S/C14H24O4/c1-5-9-11-14(10-6-2,12(15)17-7-3)13(16)18-8-4/h9,11H,5-8,10H2,1-4H3/b11-9-. The lowest BCUT2D eigenvalue weighted by molar-refractivity contribution is -0.168. The molecule has 0 aliphatic carbocycles. The molecule has 0 heterocycles. The van der Waals surface area contributed by atoms with Gasteiger partial charge in [-0.05, 0) is 26.7 Å². The van der Waals surface area contributed by atoms with E-state index in [1.54, 1.807) is 19.9 Å². The molecule has 0 spiro atoms. The Balaban J connectivity index is 5.32. The summed E-state index contributed by atoms with van der Waals surface area (Å²) >= 11 is 0. The molecule has 0 amide bonds. The Labute approximate surface area is 109 Å². The lowest BCUT2D eigenvalue weighted by atomic mass is 9.82. The van der Waals surface area contributed by atoms with Gasteiger partial charge < -0.3 is 9.47 Å². The van der Waals surface area contributed by atoms with Crippen LogP contribution in [0.15, 0.2) is 12.2 Å². The molecule has 0 radical (unpaired) electrons. The molecule has 0 saturated carbocycles. The summed E-state index contributed by atoms with van der Waals surface area (Å²) in [5.74, 6) is -1.04. The van der Waals surface area contributed by atoms with Gasteiger partial charge in [-0.2, -0.15) is 0 Å². The maximum atomic E-state index is 12.1. The zero-order valence-corrected chi connectivity index (χ0v) is 11.8. The Morgan fingerprint density at radius 1 is 1.00 bits per heavy atom. The van der Waals surface area contributed by atoms with Crippen molar-refractivity contribution in [2.75, 3.05) is 13.2 Å². The molecule has 18 heavy (non-hydrogen) atoms. The SMILES string of the molecule is CC/C=C\C(CCC)(C(=O)OCC)C(=O)OCC. The maximum Gasteiger partial charge on any atom is 0.327 e. The molecule has 0 unspecified atom stereocenters. The number of hydrogen-bond acceptors (Lipinski definition) is 4. The van der Waals surface area contributed by atoms with Gasteiger partial charge in [0.15, 0.2) is 5.41 Å². The van der Waals surface area contributed by atoms with E-state index in [2.05, 4.69) is 0 Å². The van der Waals surface area contributed by atoms with Crippen LogP contribution in [0.1, 0.15) is 47.0 Å². The van der Waals surface area contributed by atoms with Crippen molar-refractivity contribution < 1.29 is 19.1 Å².